The lowest BCUT2D eigenvalue weighted by molar-refractivity contribution is 0.427. The minimum absolute atomic E-state index is 0.0373. The Labute approximate surface area is 105 Å². The van der Waals surface area contributed by atoms with Crippen LogP contribution in [0.3, 0.4) is 0 Å². The molecule has 2 rings (SSSR count). The highest BCUT2D eigenvalue weighted by atomic mass is 19.1. The highest BCUT2D eigenvalue weighted by Crippen LogP contribution is 2.23. The molecule has 0 saturated carbocycles. The van der Waals surface area contributed by atoms with Crippen molar-refractivity contribution in [1.82, 2.24) is 15.5 Å². The van der Waals surface area contributed by atoms with Crippen LogP contribution in [0.4, 0.5) is 4.39 Å². The van der Waals surface area contributed by atoms with Crippen LogP contribution < -0.4 is 5.32 Å². The van der Waals surface area contributed by atoms with Gasteiger partial charge in [0.1, 0.15) is 5.82 Å². The monoisotopic (exact) mass is 249 g/mol. The molecule has 0 spiro atoms. The van der Waals surface area contributed by atoms with Gasteiger partial charge in [-0.3, -0.25) is 0 Å². The second kappa shape index (κ2) is 5.27. The standard InChI is InChI=1S/C13H16FN3O/c1-4-15-9(3)12-16-17-13(18-12)10-6-5-8(2)7-11(10)14/h5-7,9,15H,4H2,1-3H3. The summed E-state index contributed by atoms with van der Waals surface area (Å²) in [6, 6.07) is 4.88. The van der Waals surface area contributed by atoms with Gasteiger partial charge in [-0.15, -0.1) is 10.2 Å². The van der Waals surface area contributed by atoms with Gasteiger partial charge >= 0.3 is 0 Å². The SMILES string of the molecule is CCNC(C)c1nnc(-c2ccc(C)cc2F)o1. The Hall–Kier alpha value is -1.75. The minimum Gasteiger partial charge on any atom is -0.419 e. The van der Waals surface area contributed by atoms with E-state index < -0.39 is 0 Å². The molecule has 2 aromatic rings. The van der Waals surface area contributed by atoms with Gasteiger partial charge in [0.2, 0.25) is 5.89 Å². The highest BCUT2D eigenvalue weighted by molar-refractivity contribution is 5.54. The molecule has 1 heterocycles. The van der Waals surface area contributed by atoms with E-state index >= 15 is 0 Å². The summed E-state index contributed by atoms with van der Waals surface area (Å²) in [6.07, 6.45) is 0. The smallest absolute Gasteiger partial charge is 0.250 e. The molecular formula is C13H16FN3O. The molecule has 5 heteroatoms. The van der Waals surface area contributed by atoms with Gasteiger partial charge in [-0.05, 0) is 38.1 Å². The van der Waals surface area contributed by atoms with Crippen molar-refractivity contribution in [3.05, 3.63) is 35.5 Å². The fourth-order valence-corrected chi connectivity index (χ4v) is 1.71. The van der Waals surface area contributed by atoms with Crippen molar-refractivity contribution in [2.24, 2.45) is 0 Å². The van der Waals surface area contributed by atoms with Crippen molar-refractivity contribution in [3.8, 4) is 11.5 Å². The topological polar surface area (TPSA) is 51.0 Å². The van der Waals surface area contributed by atoms with Gasteiger partial charge in [0, 0.05) is 0 Å². The maximum atomic E-state index is 13.8. The molecule has 0 fully saturated rings. The molecule has 1 aromatic carbocycles. The average Bonchev–Trinajstić information content (AvgIpc) is 2.78. The number of benzene rings is 1. The van der Waals surface area contributed by atoms with Crippen LogP contribution in [0.1, 0.15) is 31.3 Å². The number of hydrogen-bond acceptors (Lipinski definition) is 4. The number of rotatable bonds is 4. The summed E-state index contributed by atoms with van der Waals surface area (Å²) in [6.45, 7) is 6.55. The summed E-state index contributed by atoms with van der Waals surface area (Å²) < 4.78 is 19.2. The van der Waals surface area contributed by atoms with Crippen LogP contribution in [0.2, 0.25) is 0 Å². The van der Waals surface area contributed by atoms with Gasteiger partial charge in [-0.2, -0.15) is 0 Å². The molecular weight excluding hydrogens is 233 g/mol. The zero-order valence-electron chi connectivity index (χ0n) is 10.7. The number of aryl methyl sites for hydroxylation is 1. The third kappa shape index (κ3) is 2.56. The molecule has 0 saturated heterocycles. The van der Waals surface area contributed by atoms with Crippen LogP contribution in [0.5, 0.6) is 0 Å². The Kier molecular flexibility index (Phi) is 3.72. The molecule has 0 radical (unpaired) electrons. The van der Waals surface area contributed by atoms with Gasteiger partial charge < -0.3 is 9.73 Å². The van der Waals surface area contributed by atoms with Gasteiger partial charge in [0.25, 0.3) is 5.89 Å². The Balaban J connectivity index is 2.29. The number of halogens is 1. The van der Waals surface area contributed by atoms with Crippen LogP contribution in [-0.2, 0) is 0 Å². The Bertz CT molecular complexity index is 539. The zero-order chi connectivity index (χ0) is 13.1. The van der Waals surface area contributed by atoms with Crippen LogP contribution in [-0.4, -0.2) is 16.7 Å². The van der Waals surface area contributed by atoms with E-state index in [1.165, 1.54) is 6.07 Å². The molecule has 1 atom stereocenters. The summed E-state index contributed by atoms with van der Waals surface area (Å²) in [5, 5.41) is 11.0. The first-order valence-corrected chi connectivity index (χ1v) is 5.95. The fraction of sp³-hybridized carbons (Fsp3) is 0.385. The molecule has 0 aliphatic rings. The van der Waals surface area contributed by atoms with E-state index in [4.69, 9.17) is 4.42 Å². The first-order valence-electron chi connectivity index (χ1n) is 5.95. The zero-order valence-corrected chi connectivity index (χ0v) is 10.7. The van der Waals surface area contributed by atoms with Crippen molar-refractivity contribution in [2.75, 3.05) is 6.54 Å². The molecule has 1 aromatic heterocycles. The molecule has 0 aliphatic heterocycles. The van der Waals surface area contributed by atoms with Crippen molar-refractivity contribution in [2.45, 2.75) is 26.8 Å². The lowest BCUT2D eigenvalue weighted by atomic mass is 10.1. The Morgan fingerprint density at radius 2 is 2.17 bits per heavy atom. The van der Waals surface area contributed by atoms with E-state index in [0.29, 0.717) is 11.5 Å². The fourth-order valence-electron chi connectivity index (χ4n) is 1.71. The van der Waals surface area contributed by atoms with Gasteiger partial charge in [0.05, 0.1) is 11.6 Å². The number of aromatic nitrogens is 2. The lowest BCUT2D eigenvalue weighted by Crippen LogP contribution is -2.17. The van der Waals surface area contributed by atoms with Gasteiger partial charge in [0.15, 0.2) is 0 Å². The van der Waals surface area contributed by atoms with E-state index in [1.807, 2.05) is 26.8 Å². The highest BCUT2D eigenvalue weighted by Gasteiger charge is 2.16. The van der Waals surface area contributed by atoms with Crippen molar-refractivity contribution < 1.29 is 8.81 Å². The van der Waals surface area contributed by atoms with Crippen molar-refractivity contribution >= 4 is 0 Å². The molecule has 96 valence electrons. The van der Waals surface area contributed by atoms with Gasteiger partial charge in [-0.25, -0.2) is 4.39 Å². The quantitative estimate of drug-likeness (QED) is 0.905. The molecule has 0 aliphatic carbocycles. The predicted molar refractivity (Wildman–Crippen MR) is 66.5 cm³/mol. The van der Waals surface area contributed by atoms with E-state index in [-0.39, 0.29) is 17.7 Å². The summed E-state index contributed by atoms with van der Waals surface area (Å²) in [5.74, 6) is 0.334. The molecule has 0 bridgehead atoms. The van der Waals surface area contributed by atoms with Crippen molar-refractivity contribution in [1.29, 1.82) is 0 Å². The largest absolute Gasteiger partial charge is 0.419 e. The first kappa shape index (κ1) is 12.7. The van der Waals surface area contributed by atoms with Gasteiger partial charge in [-0.1, -0.05) is 13.0 Å². The second-order valence-corrected chi connectivity index (χ2v) is 4.21. The summed E-state index contributed by atoms with van der Waals surface area (Å²) in [5.41, 5.74) is 1.19. The third-order valence-electron chi connectivity index (χ3n) is 2.68. The molecule has 1 unspecified atom stereocenters. The third-order valence-corrected chi connectivity index (χ3v) is 2.68. The molecule has 0 amide bonds. The maximum Gasteiger partial charge on any atom is 0.250 e. The van der Waals surface area contributed by atoms with E-state index in [0.717, 1.165) is 12.1 Å². The average molecular weight is 249 g/mol. The number of nitrogens with one attached hydrogen (secondary N) is 1. The van der Waals surface area contributed by atoms with Crippen LogP contribution in [0.15, 0.2) is 22.6 Å². The Morgan fingerprint density at radius 1 is 1.39 bits per heavy atom. The first-order chi connectivity index (χ1) is 8.61. The lowest BCUT2D eigenvalue weighted by Gasteiger charge is -2.05. The number of nitrogens with zero attached hydrogens (tertiary/aromatic N) is 2. The summed E-state index contributed by atoms with van der Waals surface area (Å²) in [7, 11) is 0. The normalized spacial score (nSPS) is 12.7. The summed E-state index contributed by atoms with van der Waals surface area (Å²) >= 11 is 0. The van der Waals surface area contributed by atoms with Crippen molar-refractivity contribution in [3.63, 3.8) is 0 Å². The number of hydrogen-bond donors (Lipinski definition) is 1. The van der Waals surface area contributed by atoms with E-state index in [1.54, 1.807) is 6.07 Å². The molecule has 4 nitrogen and oxygen atoms in total. The summed E-state index contributed by atoms with van der Waals surface area (Å²) in [4.78, 5) is 0. The minimum atomic E-state index is -0.346. The predicted octanol–water partition coefficient (Wildman–Crippen LogP) is 2.85. The van der Waals surface area contributed by atoms with E-state index in [2.05, 4.69) is 15.5 Å². The van der Waals surface area contributed by atoms with Crippen LogP contribution in [0.25, 0.3) is 11.5 Å². The maximum absolute atomic E-state index is 13.8. The molecule has 1 N–H and O–H groups in total. The van der Waals surface area contributed by atoms with E-state index in [9.17, 15) is 4.39 Å². The Morgan fingerprint density at radius 3 is 2.83 bits per heavy atom. The molecule has 18 heavy (non-hydrogen) atoms. The second-order valence-electron chi connectivity index (χ2n) is 4.21. The van der Waals surface area contributed by atoms with Crippen LogP contribution >= 0.6 is 0 Å². The van der Waals surface area contributed by atoms with Crippen LogP contribution in [0, 0.1) is 12.7 Å².